The lowest BCUT2D eigenvalue weighted by molar-refractivity contribution is 0.102. The van der Waals surface area contributed by atoms with E-state index in [1.807, 2.05) is 90.1 Å². The molecule has 0 aliphatic rings. The van der Waals surface area contributed by atoms with Gasteiger partial charge in [-0.2, -0.15) is 10.2 Å². The van der Waals surface area contributed by atoms with E-state index < -0.39 is 0 Å². The Morgan fingerprint density at radius 1 is 0.966 bits per heavy atom. The third kappa shape index (κ3) is 4.60. The number of rotatable bonds is 6. The van der Waals surface area contributed by atoms with Gasteiger partial charge in [-0.25, -0.2) is 0 Å². The van der Waals surface area contributed by atoms with Gasteiger partial charge in [0.05, 0.1) is 18.8 Å². The molecule has 0 spiro atoms. The quantitative estimate of drug-likeness (QED) is 0.545. The maximum Gasteiger partial charge on any atom is 0.255 e. The maximum absolute atomic E-state index is 12.7. The lowest BCUT2D eigenvalue weighted by Crippen LogP contribution is -2.13. The summed E-state index contributed by atoms with van der Waals surface area (Å²) in [6.07, 6.45) is 3.69. The lowest BCUT2D eigenvalue weighted by Gasteiger charge is -2.09. The van der Waals surface area contributed by atoms with Crippen molar-refractivity contribution in [1.29, 1.82) is 0 Å². The summed E-state index contributed by atoms with van der Waals surface area (Å²) in [7, 11) is 0. The summed E-state index contributed by atoms with van der Waals surface area (Å²) in [5.41, 5.74) is 5.66. The first-order valence-corrected chi connectivity index (χ1v) is 9.54. The number of benzene rings is 2. The van der Waals surface area contributed by atoms with Gasteiger partial charge in [0.1, 0.15) is 0 Å². The molecule has 0 radical (unpaired) electrons. The number of hydrogen-bond acceptors (Lipinski definition) is 3. The molecule has 2 heterocycles. The van der Waals surface area contributed by atoms with E-state index in [1.54, 1.807) is 6.20 Å². The molecule has 0 fully saturated rings. The van der Waals surface area contributed by atoms with Crippen LogP contribution in [0, 0.1) is 13.8 Å². The van der Waals surface area contributed by atoms with E-state index in [0.717, 1.165) is 28.2 Å². The molecule has 1 N–H and O–H groups in total. The van der Waals surface area contributed by atoms with Gasteiger partial charge < -0.3 is 5.32 Å². The highest BCUT2D eigenvalue weighted by atomic mass is 16.1. The van der Waals surface area contributed by atoms with Crippen LogP contribution in [0.1, 0.15) is 32.9 Å². The van der Waals surface area contributed by atoms with Crippen molar-refractivity contribution in [3.05, 3.63) is 101 Å². The highest BCUT2D eigenvalue weighted by Crippen LogP contribution is 2.14. The van der Waals surface area contributed by atoms with Crippen LogP contribution in [0.15, 0.2) is 73.1 Å². The first-order valence-electron chi connectivity index (χ1n) is 9.54. The fraction of sp³-hybridized carbons (Fsp3) is 0.174. The first kappa shape index (κ1) is 18.7. The summed E-state index contributed by atoms with van der Waals surface area (Å²) in [6, 6.07) is 19.4. The minimum Gasteiger partial charge on any atom is -0.322 e. The van der Waals surface area contributed by atoms with E-state index in [2.05, 4.69) is 15.5 Å². The number of amides is 1. The monoisotopic (exact) mass is 385 g/mol. The van der Waals surface area contributed by atoms with Crippen LogP contribution >= 0.6 is 0 Å². The molecule has 0 aliphatic heterocycles. The number of carbonyl (C=O) groups excluding carboxylic acids is 1. The fourth-order valence-electron chi connectivity index (χ4n) is 3.30. The molecule has 6 heteroatoms. The molecule has 6 nitrogen and oxygen atoms in total. The molecule has 0 atom stereocenters. The molecule has 2 aromatic carbocycles. The second-order valence-corrected chi connectivity index (χ2v) is 7.14. The average molecular weight is 385 g/mol. The van der Waals surface area contributed by atoms with Crippen molar-refractivity contribution in [3.63, 3.8) is 0 Å². The molecule has 0 saturated carbocycles. The van der Waals surface area contributed by atoms with Crippen molar-refractivity contribution in [2.24, 2.45) is 0 Å². The fourth-order valence-corrected chi connectivity index (χ4v) is 3.30. The van der Waals surface area contributed by atoms with Crippen LogP contribution < -0.4 is 5.32 Å². The number of anilines is 1. The predicted molar refractivity (Wildman–Crippen MR) is 113 cm³/mol. The van der Waals surface area contributed by atoms with Crippen molar-refractivity contribution < 1.29 is 4.79 Å². The summed E-state index contributed by atoms with van der Waals surface area (Å²) < 4.78 is 3.81. The number of aromatic nitrogens is 4. The highest BCUT2D eigenvalue weighted by molar-refractivity contribution is 6.04. The number of aryl methyl sites for hydroxylation is 2. The molecule has 146 valence electrons. The van der Waals surface area contributed by atoms with Crippen LogP contribution in [0.3, 0.4) is 0 Å². The minimum absolute atomic E-state index is 0.125. The van der Waals surface area contributed by atoms with Crippen LogP contribution in [0.2, 0.25) is 0 Å². The largest absolute Gasteiger partial charge is 0.322 e. The summed E-state index contributed by atoms with van der Waals surface area (Å²) in [4.78, 5) is 12.7. The zero-order chi connectivity index (χ0) is 20.2. The van der Waals surface area contributed by atoms with Gasteiger partial charge in [0.2, 0.25) is 0 Å². The van der Waals surface area contributed by atoms with Gasteiger partial charge in [-0.1, -0.05) is 24.3 Å². The topological polar surface area (TPSA) is 64.7 Å². The Balaban J connectivity index is 1.42. The van der Waals surface area contributed by atoms with Gasteiger partial charge in [-0.3, -0.25) is 14.2 Å². The van der Waals surface area contributed by atoms with Gasteiger partial charge in [-0.15, -0.1) is 0 Å². The molecule has 1 amide bonds. The van der Waals surface area contributed by atoms with E-state index in [-0.39, 0.29) is 5.91 Å². The molecular formula is C23H23N5O. The Labute approximate surface area is 169 Å². The zero-order valence-electron chi connectivity index (χ0n) is 16.5. The van der Waals surface area contributed by atoms with E-state index >= 15 is 0 Å². The number of nitrogens with one attached hydrogen (secondary N) is 1. The van der Waals surface area contributed by atoms with Gasteiger partial charge in [0.25, 0.3) is 5.91 Å². The maximum atomic E-state index is 12.7. The van der Waals surface area contributed by atoms with Crippen molar-refractivity contribution in [2.75, 3.05) is 5.32 Å². The molecule has 29 heavy (non-hydrogen) atoms. The predicted octanol–water partition coefficient (Wildman–Crippen LogP) is 4.05. The van der Waals surface area contributed by atoms with Crippen LogP contribution in [-0.2, 0) is 13.1 Å². The lowest BCUT2D eigenvalue weighted by atomic mass is 10.1. The Bertz CT molecular complexity index is 1110. The SMILES string of the molecule is Cc1cc(C)n(Cc2cccc(C(=O)Nc3ccc(Cn4cccn4)cc3)c2)n1. The number of carbonyl (C=O) groups is 1. The highest BCUT2D eigenvalue weighted by Gasteiger charge is 2.09. The molecule has 0 unspecified atom stereocenters. The van der Waals surface area contributed by atoms with Crippen molar-refractivity contribution in [3.8, 4) is 0 Å². The van der Waals surface area contributed by atoms with E-state index in [0.29, 0.717) is 18.7 Å². The van der Waals surface area contributed by atoms with Crippen molar-refractivity contribution >= 4 is 11.6 Å². The van der Waals surface area contributed by atoms with E-state index in [1.165, 1.54) is 0 Å². The summed E-state index contributed by atoms with van der Waals surface area (Å²) >= 11 is 0. The van der Waals surface area contributed by atoms with Gasteiger partial charge in [0, 0.05) is 29.3 Å². The summed E-state index contributed by atoms with van der Waals surface area (Å²) in [5.74, 6) is -0.125. The van der Waals surface area contributed by atoms with Crippen LogP contribution in [0.25, 0.3) is 0 Å². The van der Waals surface area contributed by atoms with Crippen LogP contribution in [0.5, 0.6) is 0 Å². The van der Waals surface area contributed by atoms with Crippen LogP contribution in [0.4, 0.5) is 5.69 Å². The van der Waals surface area contributed by atoms with E-state index in [4.69, 9.17) is 0 Å². The Kier molecular flexibility index (Phi) is 5.24. The third-order valence-electron chi connectivity index (χ3n) is 4.74. The molecule has 4 rings (SSSR count). The summed E-state index contributed by atoms with van der Waals surface area (Å²) in [6.45, 7) is 5.36. The van der Waals surface area contributed by atoms with Gasteiger partial charge in [-0.05, 0) is 61.4 Å². The molecule has 0 aliphatic carbocycles. The molecular weight excluding hydrogens is 362 g/mol. The Morgan fingerprint density at radius 2 is 1.79 bits per heavy atom. The number of hydrogen-bond donors (Lipinski definition) is 1. The molecule has 2 aromatic heterocycles. The average Bonchev–Trinajstić information content (AvgIpc) is 3.33. The first-order chi connectivity index (χ1) is 14.1. The number of nitrogens with zero attached hydrogens (tertiary/aromatic N) is 4. The molecule has 0 bridgehead atoms. The molecule has 4 aromatic rings. The third-order valence-corrected chi connectivity index (χ3v) is 4.74. The standard InChI is InChI=1S/C23H23N5O/c1-17-13-18(2)28(26-17)16-20-5-3-6-21(14-20)23(29)25-22-9-7-19(8-10-22)15-27-12-4-11-24-27/h3-14H,15-16H2,1-2H3,(H,25,29). The Morgan fingerprint density at radius 3 is 2.48 bits per heavy atom. The second-order valence-electron chi connectivity index (χ2n) is 7.14. The second kappa shape index (κ2) is 8.14. The van der Waals surface area contributed by atoms with Crippen molar-refractivity contribution in [1.82, 2.24) is 19.6 Å². The Hall–Kier alpha value is -3.67. The minimum atomic E-state index is -0.125. The van der Waals surface area contributed by atoms with Crippen LogP contribution in [-0.4, -0.2) is 25.5 Å². The normalized spacial score (nSPS) is 10.8. The smallest absolute Gasteiger partial charge is 0.255 e. The van der Waals surface area contributed by atoms with E-state index in [9.17, 15) is 4.79 Å². The van der Waals surface area contributed by atoms with Crippen molar-refractivity contribution in [2.45, 2.75) is 26.9 Å². The van der Waals surface area contributed by atoms with Gasteiger partial charge in [0.15, 0.2) is 0 Å². The van der Waals surface area contributed by atoms with Gasteiger partial charge >= 0.3 is 0 Å². The molecule has 0 saturated heterocycles. The zero-order valence-corrected chi connectivity index (χ0v) is 16.5. The summed E-state index contributed by atoms with van der Waals surface area (Å²) in [5, 5.41) is 11.7.